The summed E-state index contributed by atoms with van der Waals surface area (Å²) in [7, 11) is 1.87. The lowest BCUT2D eigenvalue weighted by molar-refractivity contribution is 0.246. The van der Waals surface area contributed by atoms with Gasteiger partial charge in [0.05, 0.1) is 17.5 Å². The number of aromatic nitrogens is 5. The average Bonchev–Trinajstić information content (AvgIpc) is 3.57. The van der Waals surface area contributed by atoms with Gasteiger partial charge < -0.3 is 15.0 Å². The number of aryl methyl sites for hydroxylation is 1. The number of aromatic amines is 1. The summed E-state index contributed by atoms with van der Waals surface area (Å²) >= 11 is 0. The van der Waals surface area contributed by atoms with Gasteiger partial charge in [-0.2, -0.15) is 10.4 Å². The van der Waals surface area contributed by atoms with E-state index in [4.69, 9.17) is 4.98 Å². The van der Waals surface area contributed by atoms with Crippen molar-refractivity contribution in [2.24, 2.45) is 7.05 Å². The molecular weight excluding hydrogens is 483 g/mol. The SMILES string of the molecule is Cn1cc(-c2cc3c(-c4ccc(N5CCN(Cc6cc(F)ccc6O)CC5)nc4)c(C#N)cnc3[nH]2)cn1. The van der Waals surface area contributed by atoms with Crippen LogP contribution >= 0.6 is 0 Å². The Morgan fingerprint density at radius 2 is 1.87 bits per heavy atom. The van der Waals surface area contributed by atoms with Crippen molar-refractivity contribution in [3.05, 3.63) is 78.1 Å². The lowest BCUT2D eigenvalue weighted by atomic mass is 10.00. The molecule has 4 aromatic heterocycles. The van der Waals surface area contributed by atoms with E-state index in [9.17, 15) is 14.8 Å². The minimum Gasteiger partial charge on any atom is -0.508 e. The van der Waals surface area contributed by atoms with Crippen LogP contribution in [0.1, 0.15) is 11.1 Å². The highest BCUT2D eigenvalue weighted by Crippen LogP contribution is 2.34. The van der Waals surface area contributed by atoms with Crippen LogP contribution in [0.4, 0.5) is 10.2 Å². The van der Waals surface area contributed by atoms with Crippen molar-refractivity contribution >= 4 is 16.9 Å². The van der Waals surface area contributed by atoms with Crippen LogP contribution in [-0.4, -0.2) is 60.9 Å². The van der Waals surface area contributed by atoms with Crippen molar-refractivity contribution in [1.29, 1.82) is 5.26 Å². The zero-order valence-electron chi connectivity index (χ0n) is 20.8. The van der Waals surface area contributed by atoms with Crippen LogP contribution in [0.5, 0.6) is 5.75 Å². The third-order valence-corrected chi connectivity index (χ3v) is 6.96. The molecule has 2 N–H and O–H groups in total. The first-order valence-corrected chi connectivity index (χ1v) is 12.3. The third kappa shape index (κ3) is 4.44. The fraction of sp³-hybridized carbons (Fsp3) is 0.214. The summed E-state index contributed by atoms with van der Waals surface area (Å²) in [6.45, 7) is 3.55. The molecule has 0 radical (unpaired) electrons. The maximum Gasteiger partial charge on any atom is 0.138 e. The summed E-state index contributed by atoms with van der Waals surface area (Å²) in [4.78, 5) is 16.9. The zero-order valence-corrected chi connectivity index (χ0v) is 20.8. The van der Waals surface area contributed by atoms with Crippen molar-refractivity contribution in [2.45, 2.75) is 6.54 Å². The maximum absolute atomic E-state index is 13.6. The van der Waals surface area contributed by atoms with E-state index in [0.29, 0.717) is 23.3 Å². The summed E-state index contributed by atoms with van der Waals surface area (Å²) in [6, 6.07) is 12.3. The number of phenolic OH excluding ortho intramolecular Hbond substituents is 1. The van der Waals surface area contributed by atoms with E-state index in [-0.39, 0.29) is 11.6 Å². The van der Waals surface area contributed by atoms with Gasteiger partial charge in [-0.1, -0.05) is 0 Å². The quantitative estimate of drug-likeness (QED) is 0.368. The number of pyridine rings is 2. The predicted molar refractivity (Wildman–Crippen MR) is 142 cm³/mol. The Bertz CT molecular complexity index is 1660. The molecule has 0 spiro atoms. The highest BCUT2D eigenvalue weighted by atomic mass is 19.1. The van der Waals surface area contributed by atoms with Crippen LogP contribution in [0.3, 0.4) is 0 Å². The Morgan fingerprint density at radius 3 is 2.58 bits per heavy atom. The van der Waals surface area contributed by atoms with E-state index in [1.807, 2.05) is 31.4 Å². The number of halogens is 1. The number of aromatic hydroxyl groups is 1. The Labute approximate surface area is 218 Å². The molecule has 5 aromatic rings. The molecule has 1 fully saturated rings. The fourth-order valence-corrected chi connectivity index (χ4v) is 4.96. The van der Waals surface area contributed by atoms with Gasteiger partial charge in [-0.15, -0.1) is 0 Å². The topological polar surface area (TPSA) is 110 Å². The van der Waals surface area contributed by atoms with Crippen LogP contribution in [0, 0.1) is 17.1 Å². The van der Waals surface area contributed by atoms with E-state index >= 15 is 0 Å². The standard InChI is InChI=1S/C28H25FN8O/c1-35-16-21(15-33-35)24-11-23-27(20(12-30)14-32-28(23)34-24)18-2-5-26(31-13-18)37-8-6-36(7-9-37)17-19-10-22(29)3-4-25(19)38/h2-5,10-11,13-16,38H,6-9,17H2,1H3,(H,32,34). The van der Waals surface area contributed by atoms with Gasteiger partial charge in [-0.05, 0) is 36.4 Å². The van der Waals surface area contributed by atoms with E-state index in [1.54, 1.807) is 23.3 Å². The van der Waals surface area contributed by atoms with Gasteiger partial charge in [-0.3, -0.25) is 9.58 Å². The number of hydrogen-bond acceptors (Lipinski definition) is 7. The predicted octanol–water partition coefficient (Wildman–Crippen LogP) is 4.06. The van der Waals surface area contributed by atoms with E-state index in [0.717, 1.165) is 59.8 Å². The molecule has 6 rings (SSSR count). The number of nitrogens with zero attached hydrogens (tertiary/aromatic N) is 7. The van der Waals surface area contributed by atoms with Crippen molar-refractivity contribution in [2.75, 3.05) is 31.1 Å². The summed E-state index contributed by atoms with van der Waals surface area (Å²) < 4.78 is 15.3. The number of fused-ring (bicyclic) bond motifs is 1. The maximum atomic E-state index is 13.6. The Hall–Kier alpha value is -4.75. The van der Waals surface area contributed by atoms with Gasteiger partial charge in [0, 0.05) is 86.0 Å². The van der Waals surface area contributed by atoms with Crippen molar-refractivity contribution < 1.29 is 9.50 Å². The largest absolute Gasteiger partial charge is 0.508 e. The molecular formula is C28H25FN8O. The van der Waals surface area contributed by atoms with Gasteiger partial charge in [0.25, 0.3) is 0 Å². The smallest absolute Gasteiger partial charge is 0.138 e. The molecule has 190 valence electrons. The molecule has 0 saturated carbocycles. The number of rotatable bonds is 5. The molecule has 38 heavy (non-hydrogen) atoms. The molecule has 1 aromatic carbocycles. The van der Waals surface area contributed by atoms with Crippen molar-refractivity contribution in [1.82, 2.24) is 29.6 Å². The molecule has 10 heteroatoms. The molecule has 1 saturated heterocycles. The van der Waals surface area contributed by atoms with Gasteiger partial charge in [-0.25, -0.2) is 14.4 Å². The second kappa shape index (κ2) is 9.61. The monoisotopic (exact) mass is 508 g/mol. The molecule has 1 aliphatic heterocycles. The molecule has 9 nitrogen and oxygen atoms in total. The van der Waals surface area contributed by atoms with Crippen LogP contribution < -0.4 is 4.90 Å². The molecule has 0 atom stereocenters. The highest BCUT2D eigenvalue weighted by molar-refractivity contribution is 5.98. The fourth-order valence-electron chi connectivity index (χ4n) is 4.96. The van der Waals surface area contributed by atoms with E-state index in [1.165, 1.54) is 18.2 Å². The Kier molecular flexibility index (Phi) is 5.98. The number of hydrogen-bond donors (Lipinski definition) is 2. The van der Waals surface area contributed by atoms with Crippen LogP contribution in [0.25, 0.3) is 33.4 Å². The normalized spacial score (nSPS) is 14.2. The molecule has 5 heterocycles. The third-order valence-electron chi connectivity index (χ3n) is 6.96. The molecule has 0 bridgehead atoms. The summed E-state index contributed by atoms with van der Waals surface area (Å²) in [5.41, 5.74) is 5.23. The van der Waals surface area contributed by atoms with Crippen LogP contribution in [0.2, 0.25) is 0 Å². The number of nitrogens with one attached hydrogen (secondary N) is 1. The molecule has 0 unspecified atom stereocenters. The average molecular weight is 509 g/mol. The molecule has 1 aliphatic rings. The van der Waals surface area contributed by atoms with Crippen LogP contribution in [-0.2, 0) is 13.6 Å². The second-order valence-electron chi connectivity index (χ2n) is 9.45. The zero-order chi connectivity index (χ0) is 26.2. The Morgan fingerprint density at radius 1 is 1.03 bits per heavy atom. The summed E-state index contributed by atoms with van der Waals surface area (Å²) in [5.74, 6) is 0.624. The highest BCUT2D eigenvalue weighted by Gasteiger charge is 2.20. The number of anilines is 1. The van der Waals surface area contributed by atoms with Gasteiger partial charge in [0.1, 0.15) is 29.1 Å². The van der Waals surface area contributed by atoms with Gasteiger partial charge >= 0.3 is 0 Å². The van der Waals surface area contributed by atoms with Crippen LogP contribution in [0.15, 0.2) is 61.2 Å². The first kappa shape index (κ1) is 23.6. The number of piperazine rings is 1. The number of benzene rings is 1. The van der Waals surface area contributed by atoms with Crippen molar-refractivity contribution in [3.8, 4) is 34.2 Å². The lowest BCUT2D eigenvalue weighted by Gasteiger charge is -2.35. The lowest BCUT2D eigenvalue weighted by Crippen LogP contribution is -2.46. The minimum absolute atomic E-state index is 0.114. The van der Waals surface area contributed by atoms with E-state index in [2.05, 4.69) is 30.9 Å². The first-order chi connectivity index (χ1) is 18.5. The number of nitriles is 1. The Balaban J connectivity index is 1.21. The molecule has 0 amide bonds. The second-order valence-corrected chi connectivity index (χ2v) is 9.45. The first-order valence-electron chi connectivity index (χ1n) is 12.3. The number of phenols is 1. The number of H-pyrrole nitrogens is 1. The van der Waals surface area contributed by atoms with Crippen molar-refractivity contribution in [3.63, 3.8) is 0 Å². The molecule has 0 aliphatic carbocycles. The minimum atomic E-state index is -0.348. The van der Waals surface area contributed by atoms with E-state index < -0.39 is 0 Å². The van der Waals surface area contributed by atoms with Gasteiger partial charge in [0.15, 0.2) is 0 Å². The summed E-state index contributed by atoms with van der Waals surface area (Å²) in [5, 5.41) is 24.9. The summed E-state index contributed by atoms with van der Waals surface area (Å²) in [6.07, 6.45) is 7.10. The van der Waals surface area contributed by atoms with Gasteiger partial charge in [0.2, 0.25) is 0 Å².